The summed E-state index contributed by atoms with van der Waals surface area (Å²) in [5.74, 6) is -0.749. The van der Waals surface area contributed by atoms with Gasteiger partial charge in [0.05, 0.1) is 13.0 Å². The van der Waals surface area contributed by atoms with E-state index in [9.17, 15) is 14.5 Å². The van der Waals surface area contributed by atoms with E-state index >= 15 is 0 Å². The van der Waals surface area contributed by atoms with Crippen molar-refractivity contribution in [3.63, 3.8) is 0 Å². The molecule has 0 amide bonds. The maximum absolute atomic E-state index is 12.1. The van der Waals surface area contributed by atoms with Gasteiger partial charge in [-0.2, -0.15) is 0 Å². The van der Waals surface area contributed by atoms with E-state index in [2.05, 4.69) is 5.18 Å². The summed E-state index contributed by atoms with van der Waals surface area (Å²) >= 11 is 0. The van der Waals surface area contributed by atoms with Crippen LogP contribution in [0.4, 0.5) is 0 Å². The van der Waals surface area contributed by atoms with Crippen molar-refractivity contribution in [2.45, 2.75) is 31.7 Å². The van der Waals surface area contributed by atoms with Gasteiger partial charge in [0.15, 0.2) is 11.8 Å². The molecule has 19 heavy (non-hydrogen) atoms. The molecule has 2 rings (SSSR count). The predicted molar refractivity (Wildman–Crippen MR) is 69.0 cm³/mol. The highest BCUT2D eigenvalue weighted by molar-refractivity contribution is 6.07. The number of nitroso groups, excluding NO2 is 1. The van der Waals surface area contributed by atoms with Crippen LogP contribution >= 0.6 is 0 Å². The molecule has 0 radical (unpaired) electrons. The predicted octanol–water partition coefficient (Wildman–Crippen LogP) is 2.23. The number of benzene rings is 1. The summed E-state index contributed by atoms with van der Waals surface area (Å²) < 4.78 is 4.92. The molecule has 100 valence electrons. The molecule has 0 N–H and O–H groups in total. The minimum Gasteiger partial charge on any atom is -0.466 e. The molecule has 0 bridgehead atoms. The van der Waals surface area contributed by atoms with Crippen molar-refractivity contribution in [1.29, 1.82) is 0 Å². The van der Waals surface area contributed by atoms with Gasteiger partial charge in [0.25, 0.3) is 0 Å². The molecule has 2 unspecified atom stereocenters. The molecule has 0 aliphatic heterocycles. The molecule has 1 aromatic rings. The average molecular weight is 261 g/mol. The van der Waals surface area contributed by atoms with Crippen LogP contribution in [0, 0.1) is 4.91 Å². The first-order chi connectivity index (χ1) is 9.04. The molecular weight excluding hydrogens is 246 g/mol. The molecule has 0 heterocycles. The molecule has 0 spiro atoms. The van der Waals surface area contributed by atoms with Crippen LogP contribution in [-0.2, 0) is 14.9 Å². The second-order valence-corrected chi connectivity index (χ2v) is 4.82. The minimum absolute atomic E-state index is 0.0278. The average Bonchev–Trinajstić information content (AvgIpc) is 2.59. The van der Waals surface area contributed by atoms with E-state index in [1.807, 2.05) is 0 Å². The van der Waals surface area contributed by atoms with Crippen LogP contribution in [0.1, 0.15) is 36.2 Å². The van der Waals surface area contributed by atoms with Crippen molar-refractivity contribution in [3.8, 4) is 0 Å². The molecule has 5 nitrogen and oxygen atoms in total. The first-order valence-corrected chi connectivity index (χ1v) is 6.16. The zero-order chi connectivity index (χ0) is 14.0. The molecule has 0 fully saturated rings. The quantitative estimate of drug-likeness (QED) is 0.615. The standard InChI is InChI=1S/C14H15NO4/c1-3-19-11(16)8-14(2)10-7-5-4-6-9(10)12(17)13(14)15-18/h4-7,13H,3,8H2,1-2H3. The number of fused-ring (bicyclic) bond motifs is 1. The van der Waals surface area contributed by atoms with Crippen molar-refractivity contribution in [3.05, 3.63) is 40.3 Å². The fourth-order valence-electron chi connectivity index (χ4n) is 2.65. The fraction of sp³-hybridized carbons (Fsp3) is 0.429. The third-order valence-corrected chi connectivity index (χ3v) is 3.58. The number of nitrogens with zero attached hydrogens (tertiary/aromatic N) is 1. The van der Waals surface area contributed by atoms with Crippen molar-refractivity contribution < 1.29 is 14.3 Å². The number of hydrogen-bond acceptors (Lipinski definition) is 5. The maximum Gasteiger partial charge on any atom is 0.306 e. The van der Waals surface area contributed by atoms with Crippen molar-refractivity contribution in [2.24, 2.45) is 5.18 Å². The van der Waals surface area contributed by atoms with Crippen LogP contribution in [0.15, 0.2) is 29.4 Å². The Morgan fingerprint density at radius 2 is 2.11 bits per heavy atom. The van der Waals surface area contributed by atoms with Gasteiger partial charge in [0, 0.05) is 11.0 Å². The summed E-state index contributed by atoms with van der Waals surface area (Å²) in [5, 5.41) is 2.94. The summed E-state index contributed by atoms with van der Waals surface area (Å²) in [6, 6.07) is 5.87. The summed E-state index contributed by atoms with van der Waals surface area (Å²) in [5.41, 5.74) is 0.248. The summed E-state index contributed by atoms with van der Waals surface area (Å²) in [4.78, 5) is 34.9. The second-order valence-electron chi connectivity index (χ2n) is 4.82. The minimum atomic E-state index is -1.06. The van der Waals surface area contributed by atoms with E-state index in [0.29, 0.717) is 11.1 Å². The smallest absolute Gasteiger partial charge is 0.306 e. The molecule has 5 heteroatoms. The Morgan fingerprint density at radius 3 is 2.74 bits per heavy atom. The number of ketones is 1. The molecule has 0 saturated carbocycles. The van der Waals surface area contributed by atoms with Crippen molar-refractivity contribution >= 4 is 11.8 Å². The molecule has 0 aromatic heterocycles. The zero-order valence-electron chi connectivity index (χ0n) is 10.9. The highest BCUT2D eigenvalue weighted by Crippen LogP contribution is 2.43. The number of rotatable bonds is 4. The van der Waals surface area contributed by atoms with Gasteiger partial charge in [-0.25, -0.2) is 0 Å². The number of Topliss-reactive ketones (excluding diaryl/α,β-unsaturated/α-hetero) is 1. The SMILES string of the molecule is CCOC(=O)CC1(C)c2ccccc2C(=O)C1N=O. The summed E-state index contributed by atoms with van der Waals surface area (Å²) in [6.07, 6.45) is -0.0278. The van der Waals surface area contributed by atoms with Crippen molar-refractivity contribution in [1.82, 2.24) is 0 Å². The van der Waals surface area contributed by atoms with E-state index < -0.39 is 17.4 Å². The van der Waals surface area contributed by atoms with Crippen molar-refractivity contribution in [2.75, 3.05) is 6.61 Å². The number of hydrogen-bond donors (Lipinski definition) is 0. The van der Waals surface area contributed by atoms with Gasteiger partial charge >= 0.3 is 5.97 Å². The van der Waals surface area contributed by atoms with E-state index in [1.54, 1.807) is 38.1 Å². The van der Waals surface area contributed by atoms with E-state index in [-0.39, 0.29) is 18.8 Å². The van der Waals surface area contributed by atoms with Gasteiger partial charge in [-0.1, -0.05) is 36.4 Å². The Morgan fingerprint density at radius 1 is 1.42 bits per heavy atom. The van der Waals surface area contributed by atoms with Crippen LogP contribution in [0.5, 0.6) is 0 Å². The van der Waals surface area contributed by atoms with E-state index in [4.69, 9.17) is 4.74 Å². The number of esters is 1. The number of carbonyl (C=O) groups excluding carboxylic acids is 2. The Bertz CT molecular complexity index is 540. The molecular formula is C14H15NO4. The van der Waals surface area contributed by atoms with E-state index in [1.165, 1.54) is 0 Å². The third kappa shape index (κ3) is 2.05. The van der Waals surface area contributed by atoms with Crippen LogP contribution in [0.3, 0.4) is 0 Å². The number of ether oxygens (including phenoxy) is 1. The monoisotopic (exact) mass is 261 g/mol. The normalized spacial score (nSPS) is 24.9. The Balaban J connectivity index is 2.44. The Labute approximate surface area is 110 Å². The molecule has 1 aromatic carbocycles. The Kier molecular flexibility index (Phi) is 3.46. The van der Waals surface area contributed by atoms with Crippen LogP contribution in [-0.4, -0.2) is 24.4 Å². The zero-order valence-corrected chi connectivity index (χ0v) is 10.9. The lowest BCUT2D eigenvalue weighted by atomic mass is 9.78. The largest absolute Gasteiger partial charge is 0.466 e. The van der Waals surface area contributed by atoms with Crippen LogP contribution < -0.4 is 0 Å². The first-order valence-electron chi connectivity index (χ1n) is 6.16. The molecule has 0 saturated heterocycles. The van der Waals surface area contributed by atoms with Gasteiger partial charge < -0.3 is 4.74 Å². The van der Waals surface area contributed by atoms with Gasteiger partial charge in [-0.15, -0.1) is 4.91 Å². The van der Waals surface area contributed by atoms with Crippen LogP contribution in [0.2, 0.25) is 0 Å². The lowest BCUT2D eigenvalue weighted by Gasteiger charge is -2.26. The van der Waals surface area contributed by atoms with Gasteiger partial charge in [-0.05, 0) is 12.5 Å². The second kappa shape index (κ2) is 4.91. The summed E-state index contributed by atoms with van der Waals surface area (Å²) in [6.45, 7) is 3.69. The van der Waals surface area contributed by atoms with Gasteiger partial charge in [0.2, 0.25) is 0 Å². The van der Waals surface area contributed by atoms with Gasteiger partial charge in [-0.3, -0.25) is 9.59 Å². The first kappa shape index (κ1) is 13.4. The highest BCUT2D eigenvalue weighted by Gasteiger charge is 2.51. The van der Waals surface area contributed by atoms with Crippen LogP contribution in [0.25, 0.3) is 0 Å². The molecule has 1 aliphatic carbocycles. The molecule has 1 aliphatic rings. The van der Waals surface area contributed by atoms with Gasteiger partial charge in [0.1, 0.15) is 0 Å². The Hall–Kier alpha value is -2.04. The third-order valence-electron chi connectivity index (χ3n) is 3.58. The number of carbonyl (C=O) groups is 2. The lowest BCUT2D eigenvalue weighted by molar-refractivity contribution is -0.144. The molecule has 2 atom stereocenters. The maximum atomic E-state index is 12.1. The summed E-state index contributed by atoms with van der Waals surface area (Å²) in [7, 11) is 0. The lowest BCUT2D eigenvalue weighted by Crippen LogP contribution is -2.36. The highest BCUT2D eigenvalue weighted by atomic mass is 16.5. The fourth-order valence-corrected chi connectivity index (χ4v) is 2.65. The topological polar surface area (TPSA) is 72.8 Å². The van der Waals surface area contributed by atoms with E-state index in [0.717, 1.165) is 0 Å².